The quantitative estimate of drug-likeness (QED) is 0.585. The van der Waals surface area contributed by atoms with Crippen LogP contribution in [-0.2, 0) is 14.3 Å². The molecule has 2 aliphatic rings. The van der Waals surface area contributed by atoms with Gasteiger partial charge in [-0.15, -0.1) is 0 Å². The summed E-state index contributed by atoms with van der Waals surface area (Å²) in [5.41, 5.74) is 0.882. The van der Waals surface area contributed by atoms with Crippen molar-refractivity contribution < 1.29 is 23.9 Å². The molecule has 9 nitrogen and oxygen atoms in total. The number of fused-ring (bicyclic) bond motifs is 1. The fraction of sp³-hybridized carbons (Fsp3) is 0.615. The summed E-state index contributed by atoms with van der Waals surface area (Å²) in [6, 6.07) is 4.45. The van der Waals surface area contributed by atoms with E-state index in [0.29, 0.717) is 35.0 Å². The molecule has 0 unspecified atom stereocenters. The molecular formula is C26H36N4O5. The van der Waals surface area contributed by atoms with Gasteiger partial charge in [0.25, 0.3) is 0 Å². The van der Waals surface area contributed by atoms with Gasteiger partial charge in [-0.3, -0.25) is 9.69 Å². The third-order valence-corrected chi connectivity index (χ3v) is 6.82. The Morgan fingerprint density at radius 3 is 2.57 bits per heavy atom. The Hall–Kier alpha value is -3.10. The van der Waals surface area contributed by atoms with E-state index in [-0.39, 0.29) is 18.4 Å². The fourth-order valence-corrected chi connectivity index (χ4v) is 5.33. The molecule has 1 saturated carbocycles. The predicted octanol–water partition coefficient (Wildman–Crippen LogP) is 4.88. The molecule has 9 heteroatoms. The zero-order chi connectivity index (χ0) is 25.2. The van der Waals surface area contributed by atoms with Crippen LogP contribution in [0, 0.1) is 11.8 Å². The second-order valence-electron chi connectivity index (χ2n) is 10.5. The topological polar surface area (TPSA) is 114 Å². The molecule has 3 heterocycles. The van der Waals surface area contributed by atoms with Gasteiger partial charge in [-0.05, 0) is 64.2 Å². The van der Waals surface area contributed by atoms with Gasteiger partial charge in [0.05, 0.1) is 17.6 Å². The molecule has 0 spiro atoms. The zero-order valence-electron chi connectivity index (χ0n) is 21.1. The van der Waals surface area contributed by atoms with E-state index in [2.05, 4.69) is 15.3 Å². The molecule has 2 fully saturated rings. The van der Waals surface area contributed by atoms with Crippen molar-refractivity contribution in [1.82, 2.24) is 14.9 Å². The number of esters is 1. The van der Waals surface area contributed by atoms with Crippen LogP contribution in [-0.4, -0.2) is 57.6 Å². The molecule has 0 radical (unpaired) electrons. The number of carbonyl (C=O) groups excluding carboxylic acids is 3. The summed E-state index contributed by atoms with van der Waals surface area (Å²) in [5.74, 6) is 0.172. The van der Waals surface area contributed by atoms with E-state index >= 15 is 0 Å². The summed E-state index contributed by atoms with van der Waals surface area (Å²) in [6.07, 6.45) is 6.05. The molecule has 2 aromatic heterocycles. The highest BCUT2D eigenvalue weighted by atomic mass is 16.6. The number of anilines is 1. The van der Waals surface area contributed by atoms with Gasteiger partial charge < -0.3 is 19.8 Å². The van der Waals surface area contributed by atoms with E-state index in [4.69, 9.17) is 9.47 Å². The lowest BCUT2D eigenvalue weighted by atomic mass is 9.76. The number of aromatic nitrogens is 2. The van der Waals surface area contributed by atoms with E-state index in [9.17, 15) is 14.4 Å². The van der Waals surface area contributed by atoms with Crippen molar-refractivity contribution in [2.24, 2.45) is 11.8 Å². The molecule has 190 valence electrons. The summed E-state index contributed by atoms with van der Waals surface area (Å²) in [4.78, 5) is 47.7. The van der Waals surface area contributed by atoms with Gasteiger partial charge in [0, 0.05) is 6.54 Å². The van der Waals surface area contributed by atoms with Gasteiger partial charge in [-0.25, -0.2) is 14.6 Å². The molecule has 1 saturated heterocycles. The molecular weight excluding hydrogens is 448 g/mol. The highest BCUT2D eigenvalue weighted by Gasteiger charge is 2.46. The van der Waals surface area contributed by atoms with Crippen LogP contribution in [0.1, 0.15) is 76.7 Å². The second-order valence-corrected chi connectivity index (χ2v) is 10.5. The Labute approximate surface area is 205 Å². The normalized spacial score (nSPS) is 21.2. The smallest absolute Gasteiger partial charge is 0.410 e. The van der Waals surface area contributed by atoms with Crippen LogP contribution < -0.4 is 5.32 Å². The number of pyridine rings is 1. The van der Waals surface area contributed by atoms with Gasteiger partial charge in [-0.2, -0.15) is 0 Å². The highest BCUT2D eigenvalue weighted by molar-refractivity contribution is 5.98. The first-order valence-corrected chi connectivity index (χ1v) is 12.6. The van der Waals surface area contributed by atoms with Gasteiger partial charge in [-0.1, -0.05) is 32.1 Å². The Morgan fingerprint density at radius 2 is 1.89 bits per heavy atom. The summed E-state index contributed by atoms with van der Waals surface area (Å²) in [5, 5.41) is 2.93. The Bertz CT molecular complexity index is 1080. The second kappa shape index (κ2) is 10.3. The van der Waals surface area contributed by atoms with Crippen LogP contribution in [0.25, 0.3) is 11.0 Å². The number of nitrogens with zero attached hydrogens (tertiary/aromatic N) is 2. The number of likely N-dealkylation sites (tertiary alicyclic amines) is 1. The standard InChI is InChI=1S/C26H36N4O5/c1-5-34-24(32)20-15-19-18(27-20)11-12-21(28-19)29-23(31)22-17(16-9-7-6-8-10-16)13-14-30(22)25(33)35-26(2,3)4/h11-12,15-17,22,27H,5-10,13-14H2,1-4H3,(H,28,29,31)/t17-,22-/m0/s1. The van der Waals surface area contributed by atoms with E-state index in [1.54, 1.807) is 30.0 Å². The number of aromatic amines is 1. The molecule has 35 heavy (non-hydrogen) atoms. The van der Waals surface area contributed by atoms with Gasteiger partial charge >= 0.3 is 12.1 Å². The number of ether oxygens (including phenoxy) is 2. The van der Waals surface area contributed by atoms with Crippen LogP contribution in [0.2, 0.25) is 0 Å². The van der Waals surface area contributed by atoms with E-state index in [1.165, 1.54) is 6.42 Å². The minimum atomic E-state index is -0.640. The summed E-state index contributed by atoms with van der Waals surface area (Å²) in [6.45, 7) is 8.01. The van der Waals surface area contributed by atoms with Crippen LogP contribution in [0.3, 0.4) is 0 Å². The SMILES string of the molecule is CCOC(=O)c1cc2nc(NC(=O)[C@@H]3[C@H](C4CCCCC4)CCN3C(=O)OC(C)(C)C)ccc2[nH]1. The maximum Gasteiger partial charge on any atom is 0.410 e. The van der Waals surface area contributed by atoms with E-state index in [1.807, 2.05) is 20.8 Å². The van der Waals surface area contributed by atoms with Crippen molar-refractivity contribution in [3.05, 3.63) is 23.9 Å². The Kier molecular flexibility index (Phi) is 7.33. The van der Waals surface area contributed by atoms with Gasteiger partial charge in [0.15, 0.2) is 0 Å². The third kappa shape index (κ3) is 5.77. The Balaban J connectivity index is 1.55. The van der Waals surface area contributed by atoms with Crippen LogP contribution in [0.15, 0.2) is 18.2 Å². The summed E-state index contributed by atoms with van der Waals surface area (Å²) >= 11 is 0. The number of amides is 2. The Morgan fingerprint density at radius 1 is 1.14 bits per heavy atom. The summed E-state index contributed by atoms with van der Waals surface area (Å²) in [7, 11) is 0. The zero-order valence-corrected chi connectivity index (χ0v) is 21.1. The van der Waals surface area contributed by atoms with E-state index < -0.39 is 23.7 Å². The molecule has 1 aliphatic heterocycles. The first-order valence-electron chi connectivity index (χ1n) is 12.6. The minimum Gasteiger partial charge on any atom is -0.461 e. The fourth-order valence-electron chi connectivity index (χ4n) is 5.33. The van der Waals surface area contributed by atoms with Gasteiger partial charge in [0.1, 0.15) is 23.2 Å². The van der Waals surface area contributed by atoms with Crippen molar-refractivity contribution in [2.75, 3.05) is 18.5 Å². The highest BCUT2D eigenvalue weighted by Crippen LogP contribution is 2.39. The lowest BCUT2D eigenvalue weighted by molar-refractivity contribution is -0.122. The lowest BCUT2D eigenvalue weighted by Gasteiger charge is -2.34. The van der Waals surface area contributed by atoms with Crippen molar-refractivity contribution in [3.63, 3.8) is 0 Å². The molecule has 2 aromatic rings. The lowest BCUT2D eigenvalue weighted by Crippen LogP contribution is -2.49. The number of nitrogens with one attached hydrogen (secondary N) is 2. The molecule has 1 aliphatic carbocycles. The predicted molar refractivity (Wildman–Crippen MR) is 132 cm³/mol. The first-order chi connectivity index (χ1) is 16.7. The first kappa shape index (κ1) is 25.0. The maximum absolute atomic E-state index is 13.6. The maximum atomic E-state index is 13.6. The third-order valence-electron chi connectivity index (χ3n) is 6.82. The molecule has 0 bridgehead atoms. The number of hydrogen-bond donors (Lipinski definition) is 2. The monoisotopic (exact) mass is 484 g/mol. The number of carbonyl (C=O) groups is 3. The van der Waals surface area contributed by atoms with Crippen LogP contribution in [0.4, 0.5) is 10.6 Å². The van der Waals surface area contributed by atoms with Crippen molar-refractivity contribution >= 4 is 34.8 Å². The van der Waals surface area contributed by atoms with Crippen LogP contribution in [0.5, 0.6) is 0 Å². The molecule has 0 aromatic carbocycles. The average Bonchev–Trinajstić information content (AvgIpc) is 3.43. The van der Waals surface area contributed by atoms with Crippen molar-refractivity contribution in [2.45, 2.75) is 77.9 Å². The number of H-pyrrole nitrogens is 1. The van der Waals surface area contributed by atoms with Crippen molar-refractivity contribution in [1.29, 1.82) is 0 Å². The average molecular weight is 485 g/mol. The largest absolute Gasteiger partial charge is 0.461 e. The molecule has 2 amide bonds. The minimum absolute atomic E-state index is 0.0919. The van der Waals surface area contributed by atoms with E-state index in [0.717, 1.165) is 32.1 Å². The van der Waals surface area contributed by atoms with Crippen molar-refractivity contribution in [3.8, 4) is 0 Å². The summed E-state index contributed by atoms with van der Waals surface area (Å²) < 4.78 is 10.7. The molecule has 2 atom stereocenters. The molecule has 2 N–H and O–H groups in total. The number of rotatable bonds is 5. The van der Waals surface area contributed by atoms with Crippen LogP contribution >= 0.6 is 0 Å². The van der Waals surface area contributed by atoms with Gasteiger partial charge in [0.2, 0.25) is 5.91 Å². The molecule has 4 rings (SSSR count). The number of hydrogen-bond acceptors (Lipinski definition) is 6.